The molecule has 1 unspecified atom stereocenters. The minimum Gasteiger partial charge on any atom is -0.488 e. The summed E-state index contributed by atoms with van der Waals surface area (Å²) in [6, 6.07) is 13.1. The van der Waals surface area contributed by atoms with Crippen molar-refractivity contribution in [3.63, 3.8) is 0 Å². The topological polar surface area (TPSA) is 107 Å². The van der Waals surface area contributed by atoms with Gasteiger partial charge >= 0.3 is 5.97 Å². The maximum Gasteiger partial charge on any atom is 0.337 e. The van der Waals surface area contributed by atoms with Crippen LogP contribution in [0.25, 0.3) is 5.57 Å². The van der Waals surface area contributed by atoms with Gasteiger partial charge in [-0.1, -0.05) is 36.4 Å². The average molecular weight is 399 g/mol. The first-order valence-corrected chi connectivity index (χ1v) is 9.08. The molecule has 2 aromatic carbocycles. The van der Waals surface area contributed by atoms with Gasteiger partial charge in [-0.25, -0.2) is 4.79 Å². The molecule has 3 rings (SSSR count). The third-order valence-electron chi connectivity index (χ3n) is 4.46. The van der Waals surface area contributed by atoms with Gasteiger partial charge in [-0.15, -0.1) is 0 Å². The Balaban J connectivity index is 0.000000941. The molecule has 154 valence electrons. The first-order chi connectivity index (χ1) is 13.9. The molecule has 0 aromatic heterocycles. The molecule has 0 saturated carbocycles. The molecule has 0 aliphatic carbocycles. The summed E-state index contributed by atoms with van der Waals surface area (Å²) in [5.41, 5.74) is 4.32. The van der Waals surface area contributed by atoms with Crippen molar-refractivity contribution < 1.29 is 29.6 Å². The quantitative estimate of drug-likeness (QED) is 0.664. The van der Waals surface area contributed by atoms with Crippen molar-refractivity contribution in [2.45, 2.75) is 19.1 Å². The number of carboxylic acids is 1. The molecule has 0 radical (unpaired) electrons. The van der Waals surface area contributed by atoms with Crippen molar-refractivity contribution in [2.75, 3.05) is 20.6 Å². The van der Waals surface area contributed by atoms with E-state index in [0.29, 0.717) is 17.9 Å². The molecule has 0 fully saturated rings. The molecule has 0 spiro atoms. The van der Waals surface area contributed by atoms with E-state index in [9.17, 15) is 9.90 Å². The number of benzene rings is 2. The third-order valence-corrected chi connectivity index (χ3v) is 4.46. The molecular formula is C22H25NO6. The highest BCUT2D eigenvalue weighted by molar-refractivity contribution is 5.86. The van der Waals surface area contributed by atoms with E-state index >= 15 is 0 Å². The van der Waals surface area contributed by atoms with Crippen molar-refractivity contribution in [1.82, 2.24) is 4.90 Å². The van der Waals surface area contributed by atoms with E-state index in [1.54, 1.807) is 18.2 Å². The summed E-state index contributed by atoms with van der Waals surface area (Å²) in [6.45, 7) is 1.11. The molecule has 7 nitrogen and oxygen atoms in total. The van der Waals surface area contributed by atoms with Gasteiger partial charge in [0.1, 0.15) is 12.4 Å². The lowest BCUT2D eigenvalue weighted by Crippen LogP contribution is -2.12. The highest BCUT2D eigenvalue weighted by Gasteiger charge is 2.22. The smallest absolute Gasteiger partial charge is 0.337 e. The molecule has 2 aromatic rings. The van der Waals surface area contributed by atoms with Gasteiger partial charge in [0.2, 0.25) is 0 Å². The van der Waals surface area contributed by atoms with Crippen LogP contribution in [0.2, 0.25) is 0 Å². The van der Waals surface area contributed by atoms with Crippen LogP contribution in [-0.4, -0.2) is 53.3 Å². The van der Waals surface area contributed by atoms with Gasteiger partial charge in [0.25, 0.3) is 6.47 Å². The van der Waals surface area contributed by atoms with Crippen LogP contribution < -0.4 is 4.74 Å². The summed E-state index contributed by atoms with van der Waals surface area (Å²) in [5, 5.41) is 25.9. The maximum absolute atomic E-state index is 11.2. The van der Waals surface area contributed by atoms with Crippen LogP contribution in [-0.2, 0) is 16.2 Å². The zero-order valence-corrected chi connectivity index (χ0v) is 16.4. The average Bonchev–Trinajstić information content (AvgIpc) is 2.84. The lowest BCUT2D eigenvalue weighted by molar-refractivity contribution is -0.147. The largest absolute Gasteiger partial charge is 0.488 e. The predicted molar refractivity (Wildman–Crippen MR) is 109 cm³/mol. The summed E-state index contributed by atoms with van der Waals surface area (Å²) in [7, 11) is 4.05. The van der Waals surface area contributed by atoms with Crippen LogP contribution in [0.4, 0.5) is 0 Å². The van der Waals surface area contributed by atoms with Crippen molar-refractivity contribution in [2.24, 2.45) is 0 Å². The number of hydrogen-bond donors (Lipinski definition) is 3. The minimum atomic E-state index is -1.55. The van der Waals surface area contributed by atoms with Crippen LogP contribution >= 0.6 is 0 Å². The number of aliphatic hydroxyl groups excluding tert-OH is 1. The zero-order valence-electron chi connectivity index (χ0n) is 16.4. The third kappa shape index (κ3) is 5.66. The molecule has 1 atom stereocenters. The monoisotopic (exact) mass is 399 g/mol. The van der Waals surface area contributed by atoms with Crippen LogP contribution in [0.5, 0.6) is 5.75 Å². The normalized spacial score (nSPS) is 14.6. The highest BCUT2D eigenvalue weighted by Crippen LogP contribution is 2.38. The van der Waals surface area contributed by atoms with Gasteiger partial charge in [-0.05, 0) is 54.9 Å². The van der Waals surface area contributed by atoms with Crippen molar-refractivity contribution >= 4 is 18.0 Å². The number of fused-ring (bicyclic) bond motifs is 2. The van der Waals surface area contributed by atoms with E-state index < -0.39 is 12.1 Å². The summed E-state index contributed by atoms with van der Waals surface area (Å²) in [4.78, 5) is 21.6. The number of nitrogens with zero attached hydrogens (tertiary/aromatic N) is 1. The fourth-order valence-corrected chi connectivity index (χ4v) is 3.09. The Hall–Kier alpha value is -3.16. The van der Waals surface area contributed by atoms with Gasteiger partial charge in [0, 0.05) is 12.1 Å². The second kappa shape index (κ2) is 10.4. The van der Waals surface area contributed by atoms with E-state index in [-0.39, 0.29) is 6.47 Å². The fraction of sp³-hybridized carbons (Fsp3) is 0.273. The van der Waals surface area contributed by atoms with Crippen molar-refractivity contribution in [3.05, 3.63) is 70.8 Å². The summed E-state index contributed by atoms with van der Waals surface area (Å²) < 4.78 is 5.95. The Kier molecular flexibility index (Phi) is 7.94. The number of carbonyl (C=O) groups is 2. The molecule has 0 amide bonds. The number of carboxylic acid groups (broad SMARTS) is 2. The molecule has 29 heavy (non-hydrogen) atoms. The Morgan fingerprint density at radius 1 is 1.21 bits per heavy atom. The first kappa shape index (κ1) is 22.1. The second-order valence-electron chi connectivity index (χ2n) is 6.76. The summed E-state index contributed by atoms with van der Waals surface area (Å²) in [6.07, 6.45) is 1.45. The van der Waals surface area contributed by atoms with E-state index in [1.807, 2.05) is 32.3 Å². The molecule has 3 N–H and O–H groups in total. The standard InChI is InChI=1S/C21H23NO4.CH2O2/c1-22(2)11-5-8-17-16-7-4-3-6-15(16)13-26-19-10-9-14(12-18(17)19)20(23)21(24)25;2-1-3/h3-4,6-10,12,20,23H,5,11,13H2,1-2H3,(H,24,25);1H,(H,2,3)/b17-8-;. The van der Waals surface area contributed by atoms with E-state index in [2.05, 4.69) is 17.0 Å². The van der Waals surface area contributed by atoms with Gasteiger partial charge in [-0.3, -0.25) is 4.79 Å². The number of aliphatic carboxylic acids is 1. The second-order valence-corrected chi connectivity index (χ2v) is 6.76. The summed E-state index contributed by atoms with van der Waals surface area (Å²) in [5.74, 6) is -0.573. The SMILES string of the molecule is CN(C)CC/C=C1/c2ccccc2COc2ccc(C(O)C(=O)O)cc21.O=CO. The number of hydrogen-bond acceptors (Lipinski definition) is 5. The van der Waals surface area contributed by atoms with Crippen LogP contribution in [0, 0.1) is 0 Å². The van der Waals surface area contributed by atoms with Crippen LogP contribution in [0.15, 0.2) is 48.5 Å². The van der Waals surface area contributed by atoms with Gasteiger partial charge in [0.15, 0.2) is 6.10 Å². The Morgan fingerprint density at radius 3 is 2.55 bits per heavy atom. The molecule has 1 heterocycles. The number of ether oxygens (including phenoxy) is 1. The maximum atomic E-state index is 11.2. The molecule has 7 heteroatoms. The first-order valence-electron chi connectivity index (χ1n) is 9.08. The summed E-state index contributed by atoms with van der Waals surface area (Å²) >= 11 is 0. The molecule has 0 bridgehead atoms. The van der Waals surface area contributed by atoms with Gasteiger partial charge in [-0.2, -0.15) is 0 Å². The lowest BCUT2D eigenvalue weighted by atomic mass is 9.92. The van der Waals surface area contributed by atoms with Crippen molar-refractivity contribution in [1.29, 1.82) is 0 Å². The number of aliphatic hydroxyl groups is 1. The van der Waals surface area contributed by atoms with E-state index in [4.69, 9.17) is 19.7 Å². The predicted octanol–water partition coefficient (Wildman–Crippen LogP) is 2.78. The van der Waals surface area contributed by atoms with Crippen molar-refractivity contribution in [3.8, 4) is 5.75 Å². The van der Waals surface area contributed by atoms with E-state index in [1.165, 1.54) is 0 Å². The Bertz CT molecular complexity index is 891. The Morgan fingerprint density at radius 2 is 1.90 bits per heavy atom. The fourth-order valence-electron chi connectivity index (χ4n) is 3.09. The lowest BCUT2D eigenvalue weighted by Gasteiger charge is -2.14. The molecule has 1 aliphatic heterocycles. The zero-order chi connectivity index (χ0) is 21.4. The van der Waals surface area contributed by atoms with Crippen LogP contribution in [0.1, 0.15) is 34.8 Å². The highest BCUT2D eigenvalue weighted by atomic mass is 16.5. The molecule has 1 aliphatic rings. The Labute approximate surface area is 169 Å². The molecular weight excluding hydrogens is 374 g/mol. The van der Waals surface area contributed by atoms with Gasteiger partial charge < -0.3 is 25.0 Å². The minimum absolute atomic E-state index is 0.250. The molecule has 0 saturated heterocycles. The van der Waals surface area contributed by atoms with Crippen LogP contribution in [0.3, 0.4) is 0 Å². The number of rotatable bonds is 5. The van der Waals surface area contributed by atoms with Gasteiger partial charge in [0.05, 0.1) is 0 Å². The van der Waals surface area contributed by atoms with E-state index in [0.717, 1.165) is 35.2 Å².